The molecule has 33 heavy (non-hydrogen) atoms. The standard InChI is InChI=1S/C27H41NO5/c1-3-4-5-8-21(33-27(31)12-13-28)10-11-22-18(2)14-20-16-24-19(15-23(20)22)7-6-9-25(24)32-17-26(29)30/h6-7,9,18,20-23H,3-5,8,10-17,28H2,1-2H3,(H,29,30)/t18-,20?,21?,22?,23?/m1/s1. The normalized spacial score (nSPS) is 24.6. The van der Waals surface area contributed by atoms with Gasteiger partial charge in [-0.3, -0.25) is 4.79 Å². The van der Waals surface area contributed by atoms with Gasteiger partial charge in [-0.05, 0) is 85.8 Å². The van der Waals surface area contributed by atoms with Crippen LogP contribution < -0.4 is 10.5 Å². The molecule has 3 rings (SSSR count). The van der Waals surface area contributed by atoms with Gasteiger partial charge in [-0.1, -0.05) is 38.8 Å². The third-order valence-electron chi connectivity index (χ3n) is 7.66. The summed E-state index contributed by atoms with van der Waals surface area (Å²) in [5.41, 5.74) is 8.03. The molecule has 4 unspecified atom stereocenters. The predicted molar refractivity (Wildman–Crippen MR) is 128 cm³/mol. The van der Waals surface area contributed by atoms with Crippen molar-refractivity contribution in [1.82, 2.24) is 0 Å². The maximum Gasteiger partial charge on any atom is 0.341 e. The van der Waals surface area contributed by atoms with Crippen molar-refractivity contribution in [3.63, 3.8) is 0 Å². The first-order valence-electron chi connectivity index (χ1n) is 12.8. The summed E-state index contributed by atoms with van der Waals surface area (Å²) in [6, 6.07) is 6.04. The Bertz CT molecular complexity index is 795. The predicted octanol–water partition coefficient (Wildman–Crippen LogP) is 4.76. The van der Waals surface area contributed by atoms with Gasteiger partial charge in [-0.25, -0.2) is 4.79 Å². The number of nitrogens with two attached hydrogens (primary N) is 1. The van der Waals surface area contributed by atoms with Crippen molar-refractivity contribution >= 4 is 11.9 Å². The number of carboxylic acid groups (broad SMARTS) is 1. The molecule has 1 aromatic rings. The lowest BCUT2D eigenvalue weighted by molar-refractivity contribution is -0.149. The van der Waals surface area contributed by atoms with E-state index >= 15 is 0 Å². The first-order valence-corrected chi connectivity index (χ1v) is 12.8. The minimum absolute atomic E-state index is 0.00579. The van der Waals surface area contributed by atoms with Crippen LogP contribution in [0.5, 0.6) is 5.75 Å². The van der Waals surface area contributed by atoms with Gasteiger partial charge in [0.1, 0.15) is 11.9 Å². The zero-order chi connectivity index (χ0) is 23.8. The monoisotopic (exact) mass is 459 g/mol. The summed E-state index contributed by atoms with van der Waals surface area (Å²) in [5, 5.41) is 8.99. The van der Waals surface area contributed by atoms with E-state index in [1.807, 2.05) is 12.1 Å². The molecule has 2 aliphatic carbocycles. The zero-order valence-corrected chi connectivity index (χ0v) is 20.3. The van der Waals surface area contributed by atoms with Crippen LogP contribution in [0.15, 0.2) is 18.2 Å². The molecule has 1 fully saturated rings. The molecule has 0 heterocycles. The lowest BCUT2D eigenvalue weighted by Gasteiger charge is -2.33. The Labute approximate surface area is 198 Å². The van der Waals surface area contributed by atoms with E-state index in [4.69, 9.17) is 20.3 Å². The molecule has 184 valence electrons. The molecule has 6 heteroatoms. The van der Waals surface area contributed by atoms with Crippen molar-refractivity contribution in [3.05, 3.63) is 29.3 Å². The van der Waals surface area contributed by atoms with Crippen LogP contribution in [0.25, 0.3) is 0 Å². The smallest absolute Gasteiger partial charge is 0.341 e. The first-order chi connectivity index (χ1) is 15.9. The lowest BCUT2D eigenvalue weighted by Crippen LogP contribution is -2.28. The largest absolute Gasteiger partial charge is 0.482 e. The Morgan fingerprint density at radius 1 is 1.21 bits per heavy atom. The van der Waals surface area contributed by atoms with Gasteiger partial charge in [0.15, 0.2) is 6.61 Å². The van der Waals surface area contributed by atoms with Crippen LogP contribution in [0, 0.1) is 23.7 Å². The average Bonchev–Trinajstić information content (AvgIpc) is 3.08. The number of unbranched alkanes of at least 4 members (excludes halogenated alkanes) is 2. The SMILES string of the molecule is CCCCCC(CCC1C2Cc3cccc(OCC(=O)O)c3CC2C[C@H]1C)OC(=O)CCN. The van der Waals surface area contributed by atoms with Gasteiger partial charge in [0.25, 0.3) is 0 Å². The van der Waals surface area contributed by atoms with Crippen molar-refractivity contribution in [1.29, 1.82) is 0 Å². The highest BCUT2D eigenvalue weighted by atomic mass is 16.5. The van der Waals surface area contributed by atoms with Crippen molar-refractivity contribution in [2.75, 3.05) is 13.2 Å². The van der Waals surface area contributed by atoms with Crippen LogP contribution in [0.3, 0.4) is 0 Å². The third-order valence-corrected chi connectivity index (χ3v) is 7.66. The third kappa shape index (κ3) is 6.95. The Kier molecular flexibility index (Phi) is 9.60. The highest BCUT2D eigenvalue weighted by molar-refractivity contribution is 5.69. The summed E-state index contributed by atoms with van der Waals surface area (Å²) in [7, 11) is 0. The first kappa shape index (κ1) is 25.5. The summed E-state index contributed by atoms with van der Waals surface area (Å²) < 4.78 is 11.4. The average molecular weight is 460 g/mol. The number of fused-ring (bicyclic) bond motifs is 2. The molecule has 5 atom stereocenters. The highest BCUT2D eigenvalue weighted by Gasteiger charge is 2.43. The second-order valence-electron chi connectivity index (χ2n) is 10.0. The molecular weight excluding hydrogens is 418 g/mol. The number of carboxylic acids is 1. The van der Waals surface area contributed by atoms with E-state index in [9.17, 15) is 9.59 Å². The van der Waals surface area contributed by atoms with Gasteiger partial charge in [-0.2, -0.15) is 0 Å². The molecule has 6 nitrogen and oxygen atoms in total. The number of hydrogen-bond donors (Lipinski definition) is 2. The number of benzene rings is 1. The van der Waals surface area contributed by atoms with Crippen LogP contribution in [0.2, 0.25) is 0 Å². The molecule has 2 aliphatic rings. The Hall–Kier alpha value is -2.08. The molecule has 1 aromatic carbocycles. The molecule has 0 bridgehead atoms. The van der Waals surface area contributed by atoms with Crippen molar-refractivity contribution in [3.8, 4) is 5.75 Å². The van der Waals surface area contributed by atoms with Gasteiger partial charge in [0.05, 0.1) is 6.42 Å². The van der Waals surface area contributed by atoms with Crippen LogP contribution in [0.4, 0.5) is 0 Å². The van der Waals surface area contributed by atoms with Gasteiger partial charge in [-0.15, -0.1) is 0 Å². The number of carbonyl (C=O) groups is 2. The second-order valence-corrected chi connectivity index (χ2v) is 10.0. The molecule has 0 saturated heterocycles. The summed E-state index contributed by atoms with van der Waals surface area (Å²) in [4.78, 5) is 23.0. The number of carbonyl (C=O) groups excluding carboxylic acids is 1. The van der Waals surface area contributed by atoms with Crippen molar-refractivity contribution in [2.45, 2.75) is 84.2 Å². The van der Waals surface area contributed by atoms with Crippen LogP contribution in [-0.2, 0) is 27.2 Å². The molecule has 0 amide bonds. The quantitative estimate of drug-likeness (QED) is 0.326. The number of rotatable bonds is 13. The Morgan fingerprint density at radius 3 is 2.76 bits per heavy atom. The summed E-state index contributed by atoms with van der Waals surface area (Å²) >= 11 is 0. The molecule has 3 N–H and O–H groups in total. The summed E-state index contributed by atoms with van der Waals surface area (Å²) in [5.74, 6) is 2.09. The molecule has 0 aliphatic heterocycles. The summed E-state index contributed by atoms with van der Waals surface area (Å²) in [6.45, 7) is 4.59. The van der Waals surface area contributed by atoms with E-state index < -0.39 is 5.97 Å². The van der Waals surface area contributed by atoms with Crippen LogP contribution >= 0.6 is 0 Å². The fourth-order valence-electron chi connectivity index (χ4n) is 6.10. The fourth-order valence-corrected chi connectivity index (χ4v) is 6.10. The van der Waals surface area contributed by atoms with Crippen LogP contribution in [0.1, 0.15) is 76.3 Å². The molecule has 0 aromatic heterocycles. The molecule has 0 spiro atoms. The molecular formula is C27H41NO5. The molecule has 1 saturated carbocycles. The highest BCUT2D eigenvalue weighted by Crippen LogP contribution is 2.51. The maximum atomic E-state index is 12.1. The van der Waals surface area contributed by atoms with Crippen molar-refractivity contribution < 1.29 is 24.2 Å². The fraction of sp³-hybridized carbons (Fsp3) is 0.704. The van der Waals surface area contributed by atoms with Gasteiger partial charge in [0, 0.05) is 6.54 Å². The minimum Gasteiger partial charge on any atom is -0.482 e. The van der Waals surface area contributed by atoms with E-state index in [2.05, 4.69) is 19.9 Å². The topological polar surface area (TPSA) is 98.9 Å². The second kappa shape index (κ2) is 12.4. The number of aliphatic carboxylic acids is 1. The van der Waals surface area contributed by atoms with Gasteiger partial charge < -0.3 is 20.3 Å². The Morgan fingerprint density at radius 2 is 2.03 bits per heavy atom. The van der Waals surface area contributed by atoms with E-state index in [1.165, 1.54) is 24.0 Å². The summed E-state index contributed by atoms with van der Waals surface area (Å²) in [6.07, 6.45) is 9.81. The number of esters is 1. The van der Waals surface area contributed by atoms with Gasteiger partial charge in [0.2, 0.25) is 0 Å². The van der Waals surface area contributed by atoms with E-state index in [1.54, 1.807) is 0 Å². The van der Waals surface area contributed by atoms with E-state index in [0.29, 0.717) is 30.2 Å². The van der Waals surface area contributed by atoms with E-state index in [0.717, 1.165) is 50.7 Å². The molecule has 0 radical (unpaired) electrons. The number of hydrogen-bond acceptors (Lipinski definition) is 5. The maximum absolute atomic E-state index is 12.1. The lowest BCUT2D eigenvalue weighted by atomic mass is 9.73. The van der Waals surface area contributed by atoms with Gasteiger partial charge >= 0.3 is 11.9 Å². The van der Waals surface area contributed by atoms with Crippen LogP contribution in [-0.4, -0.2) is 36.3 Å². The van der Waals surface area contributed by atoms with E-state index in [-0.39, 0.29) is 25.1 Å². The zero-order valence-electron chi connectivity index (χ0n) is 20.3. The minimum atomic E-state index is -0.948. The Balaban J connectivity index is 1.64. The van der Waals surface area contributed by atoms with Crippen molar-refractivity contribution in [2.24, 2.45) is 29.4 Å². The number of ether oxygens (including phenoxy) is 2.